The fraction of sp³-hybridized carbons (Fsp3) is 0.263. The van der Waals surface area contributed by atoms with E-state index in [1.807, 2.05) is 0 Å². The zero-order valence-corrected chi connectivity index (χ0v) is 17.0. The van der Waals surface area contributed by atoms with Crippen LogP contribution in [-0.2, 0) is 16.6 Å². The van der Waals surface area contributed by atoms with Crippen molar-refractivity contribution in [1.82, 2.24) is 29.8 Å². The van der Waals surface area contributed by atoms with Crippen LogP contribution in [0.25, 0.3) is 5.69 Å². The Morgan fingerprint density at radius 2 is 1.74 bits per heavy atom. The van der Waals surface area contributed by atoms with Gasteiger partial charge in [-0.1, -0.05) is 0 Å². The molecule has 3 aromatic rings. The van der Waals surface area contributed by atoms with Gasteiger partial charge in [-0.05, 0) is 59.7 Å². The minimum Gasteiger partial charge on any atom is -0.345 e. The summed E-state index contributed by atoms with van der Waals surface area (Å²) >= 11 is 0. The molecule has 1 aliphatic heterocycles. The molecule has 0 atom stereocenters. The number of hydrogen-bond acceptors (Lipinski definition) is 6. The van der Waals surface area contributed by atoms with Crippen LogP contribution in [0.4, 0.5) is 8.78 Å². The highest BCUT2D eigenvalue weighted by atomic mass is 32.2. The van der Waals surface area contributed by atoms with Crippen molar-refractivity contribution in [3.63, 3.8) is 0 Å². The molecule has 0 spiro atoms. The maximum absolute atomic E-state index is 13.5. The molecule has 0 radical (unpaired) electrons. The second-order valence-electron chi connectivity index (χ2n) is 6.92. The summed E-state index contributed by atoms with van der Waals surface area (Å²) in [5.74, 6) is -2.31. The predicted octanol–water partition coefficient (Wildman–Crippen LogP) is 1.65. The van der Waals surface area contributed by atoms with Gasteiger partial charge in [-0.3, -0.25) is 4.79 Å². The Bertz CT molecular complexity index is 1210. The lowest BCUT2D eigenvalue weighted by Crippen LogP contribution is -2.28. The van der Waals surface area contributed by atoms with Crippen molar-refractivity contribution >= 4 is 15.9 Å². The van der Waals surface area contributed by atoms with Crippen molar-refractivity contribution in [2.24, 2.45) is 0 Å². The van der Waals surface area contributed by atoms with Gasteiger partial charge < -0.3 is 5.32 Å². The summed E-state index contributed by atoms with van der Waals surface area (Å²) < 4.78 is 54.4. The lowest BCUT2D eigenvalue weighted by atomic mass is 10.2. The number of halogens is 2. The highest BCUT2D eigenvalue weighted by Gasteiger charge is 2.27. The summed E-state index contributed by atoms with van der Waals surface area (Å²) in [5, 5.41) is 13.6. The first-order valence-electron chi connectivity index (χ1n) is 9.47. The van der Waals surface area contributed by atoms with Crippen molar-refractivity contribution in [3.8, 4) is 5.69 Å². The average Bonchev–Trinajstić information content (AvgIpc) is 3.46. The van der Waals surface area contributed by atoms with E-state index in [-0.39, 0.29) is 28.5 Å². The molecule has 2 aromatic carbocycles. The SMILES string of the molecule is O=C(NCc1nnnn1-c1ccc(F)c(F)c1)c1ccc(S(=O)(=O)N2CCCC2)cc1. The van der Waals surface area contributed by atoms with Crippen LogP contribution in [0, 0.1) is 11.6 Å². The maximum atomic E-state index is 13.5. The molecule has 12 heteroatoms. The first-order valence-corrected chi connectivity index (χ1v) is 10.9. The molecule has 0 unspecified atom stereocenters. The van der Waals surface area contributed by atoms with E-state index in [0.29, 0.717) is 13.1 Å². The Hall–Kier alpha value is -3.25. The van der Waals surface area contributed by atoms with E-state index in [2.05, 4.69) is 20.8 Å². The van der Waals surface area contributed by atoms with Crippen LogP contribution in [0.5, 0.6) is 0 Å². The van der Waals surface area contributed by atoms with Crippen LogP contribution in [0.2, 0.25) is 0 Å². The number of rotatable bonds is 6. The van der Waals surface area contributed by atoms with Gasteiger partial charge >= 0.3 is 0 Å². The van der Waals surface area contributed by atoms with Gasteiger partial charge in [-0.2, -0.15) is 8.99 Å². The van der Waals surface area contributed by atoms with Crippen molar-refractivity contribution in [1.29, 1.82) is 0 Å². The van der Waals surface area contributed by atoms with E-state index < -0.39 is 27.6 Å². The fourth-order valence-corrected chi connectivity index (χ4v) is 4.77. The Morgan fingerprint density at radius 1 is 1.03 bits per heavy atom. The monoisotopic (exact) mass is 448 g/mol. The highest BCUT2D eigenvalue weighted by Crippen LogP contribution is 2.21. The van der Waals surface area contributed by atoms with Gasteiger partial charge in [0, 0.05) is 24.7 Å². The molecular weight excluding hydrogens is 430 g/mol. The predicted molar refractivity (Wildman–Crippen MR) is 105 cm³/mol. The number of sulfonamides is 1. The maximum Gasteiger partial charge on any atom is 0.251 e. The van der Waals surface area contributed by atoms with Crippen molar-refractivity contribution in [2.45, 2.75) is 24.3 Å². The van der Waals surface area contributed by atoms with Gasteiger partial charge in [0.2, 0.25) is 10.0 Å². The van der Waals surface area contributed by atoms with Gasteiger partial charge in [0.05, 0.1) is 17.1 Å². The van der Waals surface area contributed by atoms with Gasteiger partial charge in [0.15, 0.2) is 17.5 Å². The summed E-state index contributed by atoms with van der Waals surface area (Å²) in [6.45, 7) is 0.910. The number of benzene rings is 2. The average molecular weight is 448 g/mol. The van der Waals surface area contributed by atoms with Crippen LogP contribution in [0.15, 0.2) is 47.4 Å². The Kier molecular flexibility index (Phi) is 5.74. The van der Waals surface area contributed by atoms with Crippen molar-refractivity contribution in [3.05, 3.63) is 65.5 Å². The van der Waals surface area contributed by atoms with Gasteiger partial charge in [-0.25, -0.2) is 17.2 Å². The Morgan fingerprint density at radius 3 is 2.42 bits per heavy atom. The third-order valence-electron chi connectivity index (χ3n) is 4.91. The molecule has 2 heterocycles. The number of carbonyl (C=O) groups excluding carboxylic acids is 1. The molecule has 162 valence electrons. The summed E-state index contributed by atoms with van der Waals surface area (Å²) in [6.07, 6.45) is 1.67. The second kappa shape index (κ2) is 8.47. The van der Waals surface area contributed by atoms with Crippen LogP contribution >= 0.6 is 0 Å². The van der Waals surface area contributed by atoms with Crippen LogP contribution < -0.4 is 5.32 Å². The van der Waals surface area contributed by atoms with Crippen molar-refractivity contribution in [2.75, 3.05) is 13.1 Å². The van der Waals surface area contributed by atoms with E-state index in [1.54, 1.807) is 0 Å². The molecule has 1 saturated heterocycles. The number of aromatic nitrogens is 4. The molecule has 1 fully saturated rings. The summed E-state index contributed by atoms with van der Waals surface area (Å²) in [7, 11) is -3.56. The van der Waals surface area contributed by atoms with Gasteiger partial charge in [0.25, 0.3) is 5.91 Å². The van der Waals surface area contributed by atoms with E-state index >= 15 is 0 Å². The zero-order valence-electron chi connectivity index (χ0n) is 16.2. The number of nitrogens with zero attached hydrogens (tertiary/aromatic N) is 5. The number of tetrazole rings is 1. The lowest BCUT2D eigenvalue weighted by molar-refractivity contribution is 0.0949. The number of nitrogens with one attached hydrogen (secondary N) is 1. The summed E-state index contributed by atoms with van der Waals surface area (Å²) in [5.41, 5.74) is 0.455. The molecule has 4 rings (SSSR count). The van der Waals surface area contributed by atoms with Crippen molar-refractivity contribution < 1.29 is 22.0 Å². The molecule has 1 aliphatic rings. The normalized spacial score (nSPS) is 14.6. The second-order valence-corrected chi connectivity index (χ2v) is 8.86. The first-order chi connectivity index (χ1) is 14.9. The van der Waals surface area contributed by atoms with Gasteiger partial charge in [0.1, 0.15) is 0 Å². The smallest absolute Gasteiger partial charge is 0.251 e. The quantitative estimate of drug-likeness (QED) is 0.614. The number of carbonyl (C=O) groups is 1. The molecule has 1 N–H and O–H groups in total. The van der Waals surface area contributed by atoms with Crippen LogP contribution in [-0.4, -0.2) is 51.9 Å². The first kappa shape index (κ1) is 21.0. The van der Waals surface area contributed by atoms with Crippen LogP contribution in [0.1, 0.15) is 29.0 Å². The Balaban J connectivity index is 1.44. The molecule has 1 aromatic heterocycles. The zero-order chi connectivity index (χ0) is 22.0. The molecule has 31 heavy (non-hydrogen) atoms. The summed E-state index contributed by atoms with van der Waals surface area (Å²) in [4.78, 5) is 12.6. The van der Waals surface area contributed by atoms with E-state index in [1.165, 1.54) is 39.3 Å². The topological polar surface area (TPSA) is 110 Å². The minimum absolute atomic E-state index is 0.0847. The number of hydrogen-bond donors (Lipinski definition) is 1. The Labute approximate surface area is 176 Å². The van der Waals surface area contributed by atoms with E-state index in [9.17, 15) is 22.0 Å². The standard InChI is InChI=1S/C19H18F2N6O3S/c20-16-8-5-14(11-17(16)21)27-18(23-24-25-27)12-22-19(28)13-3-6-15(7-4-13)31(29,30)26-9-1-2-10-26/h3-8,11H,1-2,9-10,12H2,(H,22,28). The van der Waals surface area contributed by atoms with E-state index in [0.717, 1.165) is 25.0 Å². The van der Waals surface area contributed by atoms with Gasteiger partial charge in [-0.15, -0.1) is 5.10 Å². The number of amides is 1. The molecular formula is C19H18F2N6O3S. The molecule has 9 nitrogen and oxygen atoms in total. The molecule has 1 amide bonds. The highest BCUT2D eigenvalue weighted by molar-refractivity contribution is 7.89. The van der Waals surface area contributed by atoms with E-state index in [4.69, 9.17) is 0 Å². The molecule has 0 aliphatic carbocycles. The molecule has 0 bridgehead atoms. The minimum atomic E-state index is -3.56. The third-order valence-corrected chi connectivity index (χ3v) is 6.82. The fourth-order valence-electron chi connectivity index (χ4n) is 3.25. The lowest BCUT2D eigenvalue weighted by Gasteiger charge is -2.15. The summed E-state index contributed by atoms with van der Waals surface area (Å²) in [6, 6.07) is 8.84. The third kappa shape index (κ3) is 4.30. The van der Waals surface area contributed by atoms with Crippen LogP contribution in [0.3, 0.4) is 0 Å². The molecule has 0 saturated carbocycles. The largest absolute Gasteiger partial charge is 0.345 e.